The number of carbonyl (C=O) groups excluding carboxylic acids is 3. The molecule has 0 aromatic heterocycles. The van der Waals surface area contributed by atoms with E-state index in [0.717, 1.165) is 17.2 Å². The van der Waals surface area contributed by atoms with E-state index < -0.39 is 6.04 Å². The Bertz CT molecular complexity index is 912. The van der Waals surface area contributed by atoms with Crippen molar-refractivity contribution >= 4 is 34.2 Å². The Kier molecular flexibility index (Phi) is 6.20. The standard InChI is InChI=1S/C23H29N3O3/c1-23(2,3)14-21(28)26-13-7-12-19(26)22(29)24-15-20(27)25-18-11-6-9-16-8-4-5-10-17(16)18/h4-6,8-11,19H,7,12-15H2,1-3H3,(H,24,29)(H,25,27). The number of likely N-dealkylation sites (tertiary alicyclic amines) is 1. The molecule has 2 N–H and O–H groups in total. The highest BCUT2D eigenvalue weighted by Crippen LogP contribution is 2.25. The van der Waals surface area contributed by atoms with Crippen molar-refractivity contribution in [1.29, 1.82) is 0 Å². The second kappa shape index (κ2) is 8.64. The minimum atomic E-state index is -0.491. The molecule has 1 saturated heterocycles. The highest BCUT2D eigenvalue weighted by molar-refractivity contribution is 6.03. The van der Waals surface area contributed by atoms with Crippen LogP contribution in [0.1, 0.15) is 40.0 Å². The number of hydrogen-bond acceptors (Lipinski definition) is 3. The van der Waals surface area contributed by atoms with Gasteiger partial charge in [-0.05, 0) is 29.7 Å². The summed E-state index contributed by atoms with van der Waals surface area (Å²) in [6, 6.07) is 13.0. The van der Waals surface area contributed by atoms with E-state index >= 15 is 0 Å². The first kappa shape index (κ1) is 20.8. The molecule has 0 radical (unpaired) electrons. The van der Waals surface area contributed by atoms with Gasteiger partial charge in [0, 0.05) is 24.0 Å². The summed E-state index contributed by atoms with van der Waals surface area (Å²) < 4.78 is 0. The van der Waals surface area contributed by atoms with Crippen molar-refractivity contribution < 1.29 is 14.4 Å². The van der Waals surface area contributed by atoms with Crippen LogP contribution in [0.15, 0.2) is 42.5 Å². The van der Waals surface area contributed by atoms with Gasteiger partial charge in [-0.25, -0.2) is 0 Å². The van der Waals surface area contributed by atoms with Gasteiger partial charge in [0.2, 0.25) is 17.7 Å². The number of amides is 3. The number of nitrogens with one attached hydrogen (secondary N) is 2. The minimum Gasteiger partial charge on any atom is -0.345 e. The Hall–Kier alpha value is -2.89. The average molecular weight is 396 g/mol. The lowest BCUT2D eigenvalue weighted by Gasteiger charge is -2.27. The monoisotopic (exact) mass is 395 g/mol. The van der Waals surface area contributed by atoms with Crippen LogP contribution in [0.4, 0.5) is 5.69 Å². The van der Waals surface area contributed by atoms with Crippen molar-refractivity contribution in [1.82, 2.24) is 10.2 Å². The van der Waals surface area contributed by atoms with Gasteiger partial charge in [-0.3, -0.25) is 14.4 Å². The lowest BCUT2D eigenvalue weighted by Crippen LogP contribution is -2.48. The van der Waals surface area contributed by atoms with Gasteiger partial charge in [-0.1, -0.05) is 57.2 Å². The summed E-state index contributed by atoms with van der Waals surface area (Å²) in [6.07, 6.45) is 1.83. The van der Waals surface area contributed by atoms with Crippen LogP contribution < -0.4 is 10.6 Å². The Morgan fingerprint density at radius 3 is 2.55 bits per heavy atom. The Balaban J connectivity index is 1.57. The van der Waals surface area contributed by atoms with Crippen molar-refractivity contribution in [2.75, 3.05) is 18.4 Å². The third kappa shape index (κ3) is 5.34. The molecule has 1 unspecified atom stereocenters. The molecule has 1 aliphatic rings. The van der Waals surface area contributed by atoms with Gasteiger partial charge < -0.3 is 15.5 Å². The zero-order chi connectivity index (χ0) is 21.0. The van der Waals surface area contributed by atoms with Crippen molar-refractivity contribution in [3.05, 3.63) is 42.5 Å². The van der Waals surface area contributed by atoms with E-state index in [9.17, 15) is 14.4 Å². The summed E-state index contributed by atoms with van der Waals surface area (Å²) in [7, 11) is 0. The Labute approximate surface area is 171 Å². The summed E-state index contributed by atoms with van der Waals surface area (Å²) >= 11 is 0. The third-order valence-electron chi connectivity index (χ3n) is 5.04. The maximum atomic E-state index is 12.6. The normalized spacial score (nSPS) is 16.7. The van der Waals surface area contributed by atoms with Gasteiger partial charge in [-0.15, -0.1) is 0 Å². The predicted octanol–water partition coefficient (Wildman–Crippen LogP) is 3.32. The molecule has 1 heterocycles. The van der Waals surface area contributed by atoms with Gasteiger partial charge >= 0.3 is 0 Å². The van der Waals surface area contributed by atoms with Crippen molar-refractivity contribution in [2.24, 2.45) is 5.41 Å². The predicted molar refractivity (Wildman–Crippen MR) is 114 cm³/mol. The summed E-state index contributed by atoms with van der Waals surface area (Å²) in [5.41, 5.74) is 0.587. The molecule has 6 heteroatoms. The van der Waals surface area contributed by atoms with Gasteiger partial charge in [0.05, 0.1) is 6.54 Å². The zero-order valence-corrected chi connectivity index (χ0v) is 17.3. The molecule has 2 aromatic carbocycles. The molecule has 0 spiro atoms. The topological polar surface area (TPSA) is 78.5 Å². The van der Waals surface area contributed by atoms with E-state index in [2.05, 4.69) is 10.6 Å². The largest absolute Gasteiger partial charge is 0.345 e. The van der Waals surface area contributed by atoms with E-state index in [4.69, 9.17) is 0 Å². The molecular weight excluding hydrogens is 366 g/mol. The first-order valence-corrected chi connectivity index (χ1v) is 10.1. The van der Waals surface area contributed by atoms with E-state index in [1.807, 2.05) is 63.2 Å². The fourth-order valence-corrected chi connectivity index (χ4v) is 3.71. The van der Waals surface area contributed by atoms with Crippen LogP contribution in [0.2, 0.25) is 0 Å². The molecule has 2 aromatic rings. The van der Waals surface area contributed by atoms with Crippen LogP contribution in [0.25, 0.3) is 10.8 Å². The molecular formula is C23H29N3O3. The molecule has 154 valence electrons. The fraction of sp³-hybridized carbons (Fsp3) is 0.435. The van der Waals surface area contributed by atoms with Crippen LogP contribution >= 0.6 is 0 Å². The summed E-state index contributed by atoms with van der Waals surface area (Å²) in [4.78, 5) is 39.2. The first-order valence-electron chi connectivity index (χ1n) is 10.1. The van der Waals surface area contributed by atoms with E-state index in [1.165, 1.54) is 0 Å². The second-order valence-electron chi connectivity index (χ2n) is 8.78. The number of anilines is 1. The summed E-state index contributed by atoms with van der Waals surface area (Å²) in [5, 5.41) is 7.54. The molecule has 3 amide bonds. The van der Waals surface area contributed by atoms with E-state index in [0.29, 0.717) is 25.1 Å². The molecule has 6 nitrogen and oxygen atoms in total. The molecule has 1 atom stereocenters. The maximum Gasteiger partial charge on any atom is 0.243 e. The van der Waals surface area contributed by atoms with Gasteiger partial charge in [0.15, 0.2) is 0 Å². The highest BCUT2D eigenvalue weighted by Gasteiger charge is 2.35. The van der Waals surface area contributed by atoms with Gasteiger partial charge in [0.25, 0.3) is 0 Å². The lowest BCUT2D eigenvalue weighted by molar-refractivity contribution is -0.140. The van der Waals surface area contributed by atoms with Crippen molar-refractivity contribution in [3.63, 3.8) is 0 Å². The molecule has 29 heavy (non-hydrogen) atoms. The van der Waals surface area contributed by atoms with Crippen molar-refractivity contribution in [2.45, 2.75) is 46.1 Å². The van der Waals surface area contributed by atoms with Crippen LogP contribution in [0.3, 0.4) is 0 Å². The van der Waals surface area contributed by atoms with Gasteiger partial charge in [-0.2, -0.15) is 0 Å². The molecule has 0 bridgehead atoms. The van der Waals surface area contributed by atoms with Crippen LogP contribution in [-0.2, 0) is 14.4 Å². The maximum absolute atomic E-state index is 12.6. The minimum absolute atomic E-state index is 0.00430. The number of rotatable bonds is 5. The molecule has 0 aliphatic carbocycles. The molecule has 3 rings (SSSR count). The van der Waals surface area contributed by atoms with Gasteiger partial charge in [0.1, 0.15) is 6.04 Å². The Morgan fingerprint density at radius 2 is 1.79 bits per heavy atom. The number of hydrogen-bond donors (Lipinski definition) is 2. The third-order valence-corrected chi connectivity index (χ3v) is 5.04. The number of carbonyl (C=O) groups is 3. The first-order chi connectivity index (χ1) is 13.7. The number of benzene rings is 2. The lowest BCUT2D eigenvalue weighted by atomic mass is 9.91. The zero-order valence-electron chi connectivity index (χ0n) is 17.3. The van der Waals surface area contributed by atoms with Crippen molar-refractivity contribution in [3.8, 4) is 0 Å². The summed E-state index contributed by atoms with van der Waals surface area (Å²) in [6.45, 7) is 6.49. The average Bonchev–Trinajstić information content (AvgIpc) is 3.15. The fourth-order valence-electron chi connectivity index (χ4n) is 3.71. The highest BCUT2D eigenvalue weighted by atomic mass is 16.2. The second-order valence-corrected chi connectivity index (χ2v) is 8.78. The van der Waals surface area contributed by atoms with Crippen LogP contribution in [0.5, 0.6) is 0 Å². The van der Waals surface area contributed by atoms with E-state index in [1.54, 1.807) is 4.90 Å². The SMILES string of the molecule is CC(C)(C)CC(=O)N1CCCC1C(=O)NCC(=O)Nc1cccc2ccccc12. The Morgan fingerprint density at radius 1 is 1.07 bits per heavy atom. The molecule has 1 fully saturated rings. The summed E-state index contributed by atoms with van der Waals surface area (Å²) in [5.74, 6) is -0.562. The van der Waals surface area contributed by atoms with Crippen LogP contribution in [0, 0.1) is 5.41 Å². The quantitative estimate of drug-likeness (QED) is 0.815. The molecule has 0 saturated carbocycles. The smallest absolute Gasteiger partial charge is 0.243 e. The number of nitrogens with zero attached hydrogens (tertiary/aromatic N) is 1. The molecule has 1 aliphatic heterocycles. The van der Waals surface area contributed by atoms with Crippen LogP contribution in [-0.4, -0.2) is 41.8 Å². The van der Waals surface area contributed by atoms with E-state index in [-0.39, 0.29) is 29.7 Å². The number of fused-ring (bicyclic) bond motifs is 1.